The molecule has 0 saturated carbocycles. The van der Waals surface area contributed by atoms with E-state index in [9.17, 15) is 14.9 Å². The first-order chi connectivity index (χ1) is 16.9. The number of carbonyl (C=O) groups is 1. The number of hydrogen-bond acceptors (Lipinski definition) is 6. The molecule has 7 nitrogen and oxygen atoms in total. The molecule has 0 aliphatic carbocycles. The Balaban J connectivity index is 1.48. The van der Waals surface area contributed by atoms with Gasteiger partial charge in [-0.3, -0.25) is 20.2 Å². The Morgan fingerprint density at radius 1 is 0.943 bits per heavy atom. The molecule has 0 unspecified atom stereocenters. The standard InChI is InChI=1S/C25H14Cl2N4O3S/c26-15-7-10-18(20(27)11-15)22-12-19(17-3-1-2-4-21(17)28-22)24(32)30-25-29-23(13-35-25)14-5-8-16(9-6-14)31(33)34/h1-13H,(H,29,30,32). The lowest BCUT2D eigenvalue weighted by atomic mass is 10.0. The van der Waals surface area contributed by atoms with E-state index >= 15 is 0 Å². The van der Waals surface area contributed by atoms with Crippen molar-refractivity contribution in [2.45, 2.75) is 0 Å². The maximum absolute atomic E-state index is 13.3. The fraction of sp³-hybridized carbons (Fsp3) is 0. The van der Waals surface area contributed by atoms with Gasteiger partial charge in [-0.2, -0.15) is 0 Å². The molecule has 5 rings (SSSR count). The number of non-ortho nitro benzene ring substituents is 1. The number of halogens is 2. The SMILES string of the molecule is O=C(Nc1nc(-c2ccc([N+](=O)[O-])cc2)cs1)c1cc(-c2ccc(Cl)cc2Cl)nc2ccccc12. The van der Waals surface area contributed by atoms with E-state index in [4.69, 9.17) is 23.2 Å². The maximum Gasteiger partial charge on any atom is 0.269 e. The number of rotatable bonds is 5. The summed E-state index contributed by atoms with van der Waals surface area (Å²) in [5.41, 5.74) is 3.58. The molecule has 0 saturated heterocycles. The van der Waals surface area contributed by atoms with E-state index in [1.54, 1.807) is 41.8 Å². The average Bonchev–Trinajstić information content (AvgIpc) is 3.31. The Labute approximate surface area is 213 Å². The molecule has 35 heavy (non-hydrogen) atoms. The van der Waals surface area contributed by atoms with Crippen LogP contribution in [0, 0.1) is 10.1 Å². The predicted octanol–water partition coefficient (Wildman–Crippen LogP) is 7.49. The molecule has 1 amide bonds. The number of aromatic nitrogens is 2. The molecule has 0 aliphatic heterocycles. The van der Waals surface area contributed by atoms with E-state index in [0.717, 1.165) is 0 Å². The van der Waals surface area contributed by atoms with Crippen LogP contribution in [0.3, 0.4) is 0 Å². The van der Waals surface area contributed by atoms with Crippen molar-refractivity contribution in [3.8, 4) is 22.5 Å². The zero-order valence-electron chi connectivity index (χ0n) is 17.7. The van der Waals surface area contributed by atoms with Gasteiger partial charge < -0.3 is 0 Å². The third kappa shape index (κ3) is 4.72. The van der Waals surface area contributed by atoms with Crippen molar-refractivity contribution in [3.63, 3.8) is 0 Å². The van der Waals surface area contributed by atoms with E-state index in [-0.39, 0.29) is 11.6 Å². The second kappa shape index (κ2) is 9.42. The summed E-state index contributed by atoms with van der Waals surface area (Å²) >= 11 is 13.7. The minimum Gasteiger partial charge on any atom is -0.298 e. The molecule has 2 heterocycles. The molecular weight excluding hydrogens is 507 g/mol. The number of fused-ring (bicyclic) bond motifs is 1. The van der Waals surface area contributed by atoms with Gasteiger partial charge in [0.15, 0.2) is 5.13 Å². The van der Waals surface area contributed by atoms with Crippen LogP contribution >= 0.6 is 34.5 Å². The van der Waals surface area contributed by atoms with Crippen molar-refractivity contribution in [1.82, 2.24) is 9.97 Å². The smallest absolute Gasteiger partial charge is 0.269 e. The van der Waals surface area contributed by atoms with Gasteiger partial charge in [0.05, 0.1) is 32.4 Å². The number of benzene rings is 3. The first kappa shape index (κ1) is 22.9. The third-order valence-electron chi connectivity index (χ3n) is 5.27. The number of anilines is 1. The van der Waals surface area contributed by atoms with Gasteiger partial charge in [0.25, 0.3) is 11.6 Å². The molecule has 172 valence electrons. The fourth-order valence-corrected chi connectivity index (χ4v) is 4.80. The number of thiazole rings is 1. The van der Waals surface area contributed by atoms with Crippen LogP contribution in [0.15, 0.2) is 78.2 Å². The number of para-hydroxylation sites is 1. The van der Waals surface area contributed by atoms with Crippen LogP contribution in [0.1, 0.15) is 10.4 Å². The summed E-state index contributed by atoms with van der Waals surface area (Å²) in [5, 5.41) is 17.5. The Morgan fingerprint density at radius 2 is 1.71 bits per heavy atom. The Bertz CT molecular complexity index is 1600. The molecule has 0 atom stereocenters. The highest BCUT2D eigenvalue weighted by Crippen LogP contribution is 2.33. The van der Waals surface area contributed by atoms with E-state index in [1.165, 1.54) is 23.5 Å². The van der Waals surface area contributed by atoms with Crippen molar-refractivity contribution in [3.05, 3.63) is 104 Å². The molecule has 1 N–H and O–H groups in total. The second-order valence-corrected chi connectivity index (χ2v) is 9.19. The highest BCUT2D eigenvalue weighted by molar-refractivity contribution is 7.14. The van der Waals surface area contributed by atoms with Gasteiger partial charge in [-0.05, 0) is 42.5 Å². The first-order valence-electron chi connectivity index (χ1n) is 10.3. The minimum absolute atomic E-state index is 0.00124. The quantitative estimate of drug-likeness (QED) is 0.191. The van der Waals surface area contributed by atoms with E-state index in [2.05, 4.69) is 15.3 Å². The van der Waals surface area contributed by atoms with Crippen LogP contribution in [0.4, 0.5) is 10.8 Å². The summed E-state index contributed by atoms with van der Waals surface area (Å²) in [6.45, 7) is 0. The van der Waals surface area contributed by atoms with E-state index < -0.39 is 4.92 Å². The molecule has 0 fully saturated rings. The largest absolute Gasteiger partial charge is 0.298 e. The lowest BCUT2D eigenvalue weighted by molar-refractivity contribution is -0.384. The molecule has 10 heteroatoms. The monoisotopic (exact) mass is 520 g/mol. The molecule has 0 bridgehead atoms. The van der Waals surface area contributed by atoms with Crippen molar-refractivity contribution < 1.29 is 9.72 Å². The number of pyridine rings is 1. The lowest BCUT2D eigenvalue weighted by Crippen LogP contribution is -2.13. The highest BCUT2D eigenvalue weighted by Gasteiger charge is 2.17. The van der Waals surface area contributed by atoms with Crippen LogP contribution in [0.25, 0.3) is 33.4 Å². The summed E-state index contributed by atoms with van der Waals surface area (Å²) in [6.07, 6.45) is 0. The van der Waals surface area contributed by atoms with Crippen LogP contribution in [-0.2, 0) is 0 Å². The van der Waals surface area contributed by atoms with Crippen LogP contribution in [-0.4, -0.2) is 20.8 Å². The molecule has 3 aromatic carbocycles. The molecule has 2 aromatic heterocycles. The van der Waals surface area contributed by atoms with E-state index in [0.29, 0.717) is 54.2 Å². The average molecular weight is 521 g/mol. The highest BCUT2D eigenvalue weighted by atomic mass is 35.5. The van der Waals surface area contributed by atoms with Gasteiger partial charge in [0.1, 0.15) is 0 Å². The number of nitrogens with zero attached hydrogens (tertiary/aromatic N) is 3. The third-order valence-corrected chi connectivity index (χ3v) is 6.57. The van der Waals surface area contributed by atoms with Gasteiger partial charge in [-0.25, -0.2) is 9.97 Å². The molecular formula is C25H14Cl2N4O3S. The topological polar surface area (TPSA) is 98.0 Å². The summed E-state index contributed by atoms with van der Waals surface area (Å²) in [4.78, 5) is 32.9. The van der Waals surface area contributed by atoms with Gasteiger partial charge in [0, 0.05) is 39.0 Å². The first-order valence-corrected chi connectivity index (χ1v) is 11.9. The Hall–Kier alpha value is -3.85. The van der Waals surface area contributed by atoms with Gasteiger partial charge in [-0.15, -0.1) is 11.3 Å². The number of nitro groups is 1. The minimum atomic E-state index is -0.457. The number of nitro benzene ring substituents is 1. The maximum atomic E-state index is 13.3. The number of nitrogens with one attached hydrogen (secondary N) is 1. The number of carbonyl (C=O) groups excluding carboxylic acids is 1. The van der Waals surface area contributed by atoms with Crippen LogP contribution in [0.2, 0.25) is 10.0 Å². The Morgan fingerprint density at radius 3 is 2.46 bits per heavy atom. The summed E-state index contributed by atoms with van der Waals surface area (Å²) < 4.78 is 0. The summed E-state index contributed by atoms with van der Waals surface area (Å²) in [6, 6.07) is 20.2. The Kier molecular flexibility index (Phi) is 6.17. The molecule has 0 aliphatic rings. The van der Waals surface area contributed by atoms with Crippen molar-refractivity contribution in [1.29, 1.82) is 0 Å². The summed E-state index contributed by atoms with van der Waals surface area (Å²) in [5.74, 6) is -0.348. The zero-order valence-corrected chi connectivity index (χ0v) is 20.1. The van der Waals surface area contributed by atoms with Crippen LogP contribution < -0.4 is 5.32 Å². The number of hydrogen-bond donors (Lipinski definition) is 1. The zero-order chi connectivity index (χ0) is 24.5. The normalized spacial score (nSPS) is 10.9. The lowest BCUT2D eigenvalue weighted by Gasteiger charge is -2.11. The van der Waals surface area contributed by atoms with Gasteiger partial charge in [-0.1, -0.05) is 41.4 Å². The predicted molar refractivity (Wildman–Crippen MR) is 139 cm³/mol. The van der Waals surface area contributed by atoms with Crippen molar-refractivity contribution in [2.24, 2.45) is 0 Å². The molecule has 0 spiro atoms. The summed E-state index contributed by atoms with van der Waals surface area (Å²) in [7, 11) is 0. The van der Waals surface area contributed by atoms with Crippen molar-refractivity contribution >= 4 is 62.2 Å². The fourth-order valence-electron chi connectivity index (χ4n) is 3.58. The number of amides is 1. The second-order valence-electron chi connectivity index (χ2n) is 7.49. The van der Waals surface area contributed by atoms with Crippen molar-refractivity contribution in [2.75, 3.05) is 5.32 Å². The molecule has 5 aromatic rings. The molecule has 0 radical (unpaired) electrons. The van der Waals surface area contributed by atoms with Crippen LogP contribution in [0.5, 0.6) is 0 Å². The van der Waals surface area contributed by atoms with E-state index in [1.807, 2.05) is 24.3 Å². The van der Waals surface area contributed by atoms with Gasteiger partial charge in [0.2, 0.25) is 0 Å². The van der Waals surface area contributed by atoms with Gasteiger partial charge >= 0.3 is 0 Å².